The lowest BCUT2D eigenvalue weighted by Gasteiger charge is -2.24. The number of thiol groups is 1. The zero-order chi connectivity index (χ0) is 28.4. The molecule has 39 heavy (non-hydrogen) atoms. The smallest absolute Gasteiger partial charge is 0.326 e. The van der Waals surface area contributed by atoms with E-state index in [0.29, 0.717) is 11.4 Å². The van der Waals surface area contributed by atoms with Crippen LogP contribution < -0.4 is 21.7 Å². The van der Waals surface area contributed by atoms with Crippen LogP contribution in [-0.2, 0) is 32.0 Å². The van der Waals surface area contributed by atoms with Crippen molar-refractivity contribution in [3.8, 4) is 0 Å². The number of hydrogen-bond acceptors (Lipinski definition) is 8. The number of carboxylic acids is 1. The summed E-state index contributed by atoms with van der Waals surface area (Å²) in [7, 11) is 0. The van der Waals surface area contributed by atoms with E-state index >= 15 is 0 Å². The minimum atomic E-state index is -1.17. The summed E-state index contributed by atoms with van der Waals surface area (Å²) < 4.78 is 0. The predicted molar refractivity (Wildman–Crippen MR) is 153 cm³/mol. The number of imidazole rings is 1. The van der Waals surface area contributed by atoms with E-state index in [9.17, 15) is 24.3 Å². The van der Waals surface area contributed by atoms with Crippen LogP contribution in [0.5, 0.6) is 0 Å². The van der Waals surface area contributed by atoms with Gasteiger partial charge in [-0.1, -0.05) is 18.2 Å². The number of amides is 3. The number of aromatic nitrogens is 3. The molecule has 2 aromatic heterocycles. The number of carbonyl (C=O) groups is 4. The van der Waals surface area contributed by atoms with Gasteiger partial charge in [0.15, 0.2) is 0 Å². The standard InChI is InChI=1S/C25H33N7O5S2/c1-39-7-6-19(25(36)37)30-24(35)21(12-38)32-23(34)20(8-14-10-28-18-5-3-2-4-16(14)18)31-22(33)17(26)9-15-11-27-13-29-15/h2-5,10-11,13,17,19-21,28,38H,6-9,12,26H2,1H3,(H,27,29)(H,30,35)(H,31,33)(H,32,34)(H,36,37). The summed E-state index contributed by atoms with van der Waals surface area (Å²) in [6.45, 7) is 0. The molecule has 2 heterocycles. The molecule has 14 heteroatoms. The number of thioether (sulfide) groups is 1. The summed E-state index contributed by atoms with van der Waals surface area (Å²) in [6, 6.07) is 3.26. The fraction of sp³-hybridized carbons (Fsp3) is 0.400. The second kappa shape index (κ2) is 14.6. The molecule has 3 amide bonds. The molecule has 8 N–H and O–H groups in total. The Morgan fingerprint density at radius 2 is 1.72 bits per heavy atom. The first-order chi connectivity index (χ1) is 18.7. The molecule has 3 aromatic rings. The predicted octanol–water partition coefficient (Wildman–Crippen LogP) is 0.225. The maximum atomic E-state index is 13.4. The molecule has 0 bridgehead atoms. The van der Waals surface area contributed by atoms with Gasteiger partial charge in [-0.2, -0.15) is 24.4 Å². The number of rotatable bonds is 15. The number of hydrogen-bond donors (Lipinski definition) is 8. The molecule has 3 rings (SSSR count). The highest BCUT2D eigenvalue weighted by atomic mass is 32.2. The van der Waals surface area contributed by atoms with Gasteiger partial charge >= 0.3 is 5.97 Å². The number of benzene rings is 1. The highest BCUT2D eigenvalue weighted by Gasteiger charge is 2.30. The summed E-state index contributed by atoms with van der Waals surface area (Å²) in [5.74, 6) is -2.59. The summed E-state index contributed by atoms with van der Waals surface area (Å²) in [6.07, 6.45) is 7.15. The fourth-order valence-corrected chi connectivity index (χ4v) is 4.69. The van der Waals surface area contributed by atoms with Crippen molar-refractivity contribution in [3.05, 3.63) is 54.2 Å². The third-order valence-corrected chi connectivity index (χ3v) is 7.11. The van der Waals surface area contributed by atoms with E-state index in [1.54, 1.807) is 12.4 Å². The Morgan fingerprint density at radius 1 is 1.03 bits per heavy atom. The quantitative estimate of drug-likeness (QED) is 0.118. The number of carboxylic acid groups (broad SMARTS) is 1. The molecule has 0 saturated carbocycles. The SMILES string of the molecule is CSCCC(NC(=O)C(CS)NC(=O)C(Cc1c[nH]c2ccccc12)NC(=O)C(N)Cc1cnc[nH]1)C(=O)O. The largest absolute Gasteiger partial charge is 0.480 e. The van der Waals surface area contributed by atoms with Crippen molar-refractivity contribution in [2.24, 2.45) is 5.73 Å². The molecule has 0 saturated heterocycles. The molecular weight excluding hydrogens is 542 g/mol. The van der Waals surface area contributed by atoms with E-state index in [1.165, 1.54) is 18.1 Å². The molecule has 12 nitrogen and oxygen atoms in total. The first-order valence-electron chi connectivity index (χ1n) is 12.2. The van der Waals surface area contributed by atoms with E-state index in [4.69, 9.17) is 5.73 Å². The second-order valence-electron chi connectivity index (χ2n) is 8.94. The Balaban J connectivity index is 1.76. The van der Waals surface area contributed by atoms with Gasteiger partial charge < -0.3 is 36.8 Å². The lowest BCUT2D eigenvalue weighted by Crippen LogP contribution is -2.58. The molecule has 210 valence electrons. The van der Waals surface area contributed by atoms with Crippen molar-refractivity contribution in [2.75, 3.05) is 17.8 Å². The Hall–Kier alpha value is -3.49. The summed E-state index contributed by atoms with van der Waals surface area (Å²) >= 11 is 5.64. The average molecular weight is 576 g/mol. The molecule has 4 unspecified atom stereocenters. The van der Waals surface area contributed by atoms with Crippen molar-refractivity contribution in [2.45, 2.75) is 43.4 Å². The number of para-hydroxylation sites is 1. The topological polar surface area (TPSA) is 195 Å². The molecule has 0 aliphatic carbocycles. The normalized spacial score (nSPS) is 14.2. The van der Waals surface area contributed by atoms with Crippen LogP contribution in [0.4, 0.5) is 0 Å². The van der Waals surface area contributed by atoms with Crippen LogP contribution in [0.1, 0.15) is 17.7 Å². The van der Waals surface area contributed by atoms with Gasteiger partial charge in [-0.3, -0.25) is 14.4 Å². The molecular formula is C25H33N7O5S2. The molecule has 0 aliphatic rings. The first-order valence-corrected chi connectivity index (χ1v) is 14.3. The maximum Gasteiger partial charge on any atom is 0.326 e. The molecule has 0 fully saturated rings. The van der Waals surface area contributed by atoms with E-state index in [2.05, 4.69) is 43.5 Å². The van der Waals surface area contributed by atoms with Crippen LogP contribution in [0.25, 0.3) is 10.9 Å². The third-order valence-electron chi connectivity index (χ3n) is 6.10. The summed E-state index contributed by atoms with van der Waals surface area (Å²) in [5, 5.41) is 18.1. The van der Waals surface area contributed by atoms with E-state index in [0.717, 1.165) is 16.5 Å². The minimum Gasteiger partial charge on any atom is -0.480 e. The van der Waals surface area contributed by atoms with Crippen LogP contribution in [0.3, 0.4) is 0 Å². The Morgan fingerprint density at radius 3 is 2.38 bits per heavy atom. The number of nitrogens with zero attached hydrogens (tertiary/aromatic N) is 1. The number of fused-ring (bicyclic) bond motifs is 1. The average Bonchev–Trinajstić information content (AvgIpc) is 3.58. The van der Waals surface area contributed by atoms with Crippen LogP contribution in [0.2, 0.25) is 0 Å². The lowest BCUT2D eigenvalue weighted by molar-refractivity contribution is -0.142. The van der Waals surface area contributed by atoms with Gasteiger partial charge in [0.1, 0.15) is 18.1 Å². The zero-order valence-corrected chi connectivity index (χ0v) is 23.1. The van der Waals surface area contributed by atoms with E-state index < -0.39 is 47.9 Å². The number of aliphatic carboxylic acids is 1. The van der Waals surface area contributed by atoms with Crippen molar-refractivity contribution >= 4 is 59.0 Å². The number of carbonyl (C=O) groups excluding carboxylic acids is 3. The Labute approximate surface area is 235 Å². The monoisotopic (exact) mass is 575 g/mol. The van der Waals surface area contributed by atoms with Crippen LogP contribution in [0, 0.1) is 0 Å². The fourth-order valence-electron chi connectivity index (χ4n) is 3.97. The van der Waals surface area contributed by atoms with E-state index in [-0.39, 0.29) is 25.0 Å². The van der Waals surface area contributed by atoms with Crippen molar-refractivity contribution in [1.29, 1.82) is 0 Å². The number of aromatic amines is 2. The van der Waals surface area contributed by atoms with Gasteiger partial charge in [0.25, 0.3) is 0 Å². The van der Waals surface area contributed by atoms with Gasteiger partial charge in [-0.25, -0.2) is 9.78 Å². The van der Waals surface area contributed by atoms with Gasteiger partial charge in [0.05, 0.1) is 12.4 Å². The molecule has 0 spiro atoms. The first kappa shape index (κ1) is 30.1. The molecule has 1 aromatic carbocycles. The lowest BCUT2D eigenvalue weighted by atomic mass is 10.0. The number of H-pyrrole nitrogens is 2. The zero-order valence-electron chi connectivity index (χ0n) is 21.3. The van der Waals surface area contributed by atoms with Gasteiger partial charge in [0.2, 0.25) is 17.7 Å². The highest BCUT2D eigenvalue weighted by molar-refractivity contribution is 7.98. The van der Waals surface area contributed by atoms with Gasteiger partial charge in [0, 0.05) is 47.6 Å². The van der Waals surface area contributed by atoms with Crippen molar-refractivity contribution in [3.63, 3.8) is 0 Å². The highest BCUT2D eigenvalue weighted by Crippen LogP contribution is 2.19. The molecule has 0 radical (unpaired) electrons. The molecule has 0 aliphatic heterocycles. The second-order valence-corrected chi connectivity index (χ2v) is 10.3. The Bertz CT molecular complexity index is 1270. The number of nitrogens with two attached hydrogens (primary N) is 1. The van der Waals surface area contributed by atoms with Crippen LogP contribution in [-0.4, -0.2) is 85.7 Å². The van der Waals surface area contributed by atoms with Crippen molar-refractivity contribution in [1.82, 2.24) is 30.9 Å². The summed E-state index contributed by atoms with van der Waals surface area (Å²) in [4.78, 5) is 60.7. The van der Waals surface area contributed by atoms with Gasteiger partial charge in [-0.05, 0) is 30.1 Å². The minimum absolute atomic E-state index is 0.0838. The van der Waals surface area contributed by atoms with Crippen molar-refractivity contribution < 1.29 is 24.3 Å². The molecule has 4 atom stereocenters. The number of nitrogens with one attached hydrogen (secondary N) is 5. The summed E-state index contributed by atoms with van der Waals surface area (Å²) in [5.41, 5.74) is 8.40. The maximum absolute atomic E-state index is 13.4. The van der Waals surface area contributed by atoms with E-state index in [1.807, 2.05) is 30.5 Å². The van der Waals surface area contributed by atoms with Gasteiger partial charge in [-0.15, -0.1) is 0 Å². The Kier molecular flexibility index (Phi) is 11.3. The third kappa shape index (κ3) is 8.50. The van der Waals surface area contributed by atoms with Crippen LogP contribution >= 0.6 is 24.4 Å². The van der Waals surface area contributed by atoms with Crippen LogP contribution in [0.15, 0.2) is 43.0 Å².